The van der Waals surface area contributed by atoms with Gasteiger partial charge in [-0.15, -0.1) is 0 Å². The molecule has 5 nitrogen and oxygen atoms in total. The molecule has 0 atom stereocenters. The SMILES string of the molecule is O=C(c1cc(S(=O)(=O)N2CCCC2)ccc1Cl)N1CCCC1. The van der Waals surface area contributed by atoms with Gasteiger partial charge in [0.15, 0.2) is 0 Å². The lowest BCUT2D eigenvalue weighted by Gasteiger charge is -2.19. The van der Waals surface area contributed by atoms with Gasteiger partial charge in [-0.3, -0.25) is 4.79 Å². The monoisotopic (exact) mass is 342 g/mol. The molecule has 0 aromatic heterocycles. The molecule has 7 heteroatoms. The topological polar surface area (TPSA) is 57.7 Å². The number of halogens is 1. The van der Waals surface area contributed by atoms with E-state index >= 15 is 0 Å². The Kier molecular flexibility index (Phi) is 4.43. The molecule has 1 amide bonds. The number of rotatable bonds is 3. The maximum atomic E-state index is 12.6. The van der Waals surface area contributed by atoms with Crippen molar-refractivity contribution >= 4 is 27.5 Å². The van der Waals surface area contributed by atoms with Crippen LogP contribution in [0.4, 0.5) is 0 Å². The van der Waals surface area contributed by atoms with Gasteiger partial charge < -0.3 is 4.90 Å². The summed E-state index contributed by atoms with van der Waals surface area (Å²) in [6.07, 6.45) is 3.73. The highest BCUT2D eigenvalue weighted by atomic mass is 35.5. The second-order valence-corrected chi connectivity index (χ2v) is 8.10. The van der Waals surface area contributed by atoms with Gasteiger partial charge in [0.05, 0.1) is 15.5 Å². The maximum Gasteiger partial charge on any atom is 0.255 e. The van der Waals surface area contributed by atoms with Crippen molar-refractivity contribution in [2.45, 2.75) is 30.6 Å². The van der Waals surface area contributed by atoms with Crippen molar-refractivity contribution in [3.05, 3.63) is 28.8 Å². The molecule has 0 bridgehead atoms. The Balaban J connectivity index is 1.94. The number of hydrogen-bond acceptors (Lipinski definition) is 3. The van der Waals surface area contributed by atoms with Crippen LogP contribution < -0.4 is 0 Å². The van der Waals surface area contributed by atoms with Gasteiger partial charge in [0.25, 0.3) is 5.91 Å². The maximum absolute atomic E-state index is 12.6. The molecule has 3 rings (SSSR count). The van der Waals surface area contributed by atoms with Crippen LogP contribution in [-0.4, -0.2) is 49.7 Å². The first-order valence-corrected chi connectivity index (χ1v) is 9.41. The Hall–Kier alpha value is -1.11. The molecule has 0 aliphatic carbocycles. The van der Waals surface area contributed by atoms with E-state index in [0.717, 1.165) is 25.7 Å². The highest BCUT2D eigenvalue weighted by molar-refractivity contribution is 7.89. The summed E-state index contributed by atoms with van der Waals surface area (Å²) in [6.45, 7) is 2.50. The summed E-state index contributed by atoms with van der Waals surface area (Å²) in [5.74, 6) is -0.180. The fraction of sp³-hybridized carbons (Fsp3) is 0.533. The van der Waals surface area contributed by atoms with E-state index < -0.39 is 10.0 Å². The van der Waals surface area contributed by atoms with Crippen molar-refractivity contribution in [3.8, 4) is 0 Å². The minimum atomic E-state index is -3.53. The van der Waals surface area contributed by atoms with Crippen molar-refractivity contribution in [1.29, 1.82) is 0 Å². The van der Waals surface area contributed by atoms with Gasteiger partial charge in [-0.2, -0.15) is 4.31 Å². The zero-order valence-corrected chi connectivity index (χ0v) is 13.9. The Morgan fingerprint density at radius 1 is 1.00 bits per heavy atom. The third-order valence-corrected chi connectivity index (χ3v) is 6.49. The molecule has 22 heavy (non-hydrogen) atoms. The van der Waals surface area contributed by atoms with Crippen LogP contribution >= 0.6 is 11.6 Å². The molecule has 2 heterocycles. The van der Waals surface area contributed by atoms with Gasteiger partial charge in [-0.25, -0.2) is 8.42 Å². The van der Waals surface area contributed by atoms with Gasteiger partial charge in [-0.05, 0) is 43.9 Å². The number of carbonyl (C=O) groups excluding carboxylic acids is 1. The molecule has 120 valence electrons. The van der Waals surface area contributed by atoms with Crippen LogP contribution in [-0.2, 0) is 10.0 Å². The lowest BCUT2D eigenvalue weighted by Crippen LogP contribution is -2.30. The summed E-state index contributed by atoms with van der Waals surface area (Å²) in [6, 6.07) is 4.42. The lowest BCUT2D eigenvalue weighted by atomic mass is 10.2. The fourth-order valence-corrected chi connectivity index (χ4v) is 4.74. The second kappa shape index (κ2) is 6.18. The van der Waals surface area contributed by atoms with Crippen LogP contribution in [0.3, 0.4) is 0 Å². The van der Waals surface area contributed by atoms with E-state index in [1.807, 2.05) is 0 Å². The van der Waals surface area contributed by atoms with E-state index in [9.17, 15) is 13.2 Å². The van der Waals surface area contributed by atoms with E-state index in [2.05, 4.69) is 0 Å². The highest BCUT2D eigenvalue weighted by Crippen LogP contribution is 2.27. The number of likely N-dealkylation sites (tertiary alicyclic amines) is 1. The van der Waals surface area contributed by atoms with Crippen LogP contribution in [0, 0.1) is 0 Å². The van der Waals surface area contributed by atoms with E-state index in [4.69, 9.17) is 11.6 Å². The predicted molar refractivity (Wildman–Crippen MR) is 84.6 cm³/mol. The fourth-order valence-electron chi connectivity index (χ4n) is 3.00. The third-order valence-electron chi connectivity index (χ3n) is 4.26. The Labute approximate surface area is 135 Å². The van der Waals surface area contributed by atoms with Crippen molar-refractivity contribution in [1.82, 2.24) is 9.21 Å². The minimum absolute atomic E-state index is 0.154. The summed E-state index contributed by atoms with van der Waals surface area (Å²) in [4.78, 5) is 14.4. The zero-order chi connectivity index (χ0) is 15.7. The van der Waals surface area contributed by atoms with E-state index in [1.165, 1.54) is 22.5 Å². The normalized spacial score (nSPS) is 19.8. The molecule has 2 saturated heterocycles. The van der Waals surface area contributed by atoms with E-state index in [0.29, 0.717) is 31.2 Å². The van der Waals surface area contributed by atoms with E-state index in [1.54, 1.807) is 4.90 Å². The Bertz CT molecular complexity index is 678. The Morgan fingerprint density at radius 3 is 2.23 bits per heavy atom. The smallest absolute Gasteiger partial charge is 0.255 e. The van der Waals surface area contributed by atoms with Crippen LogP contribution in [0.15, 0.2) is 23.1 Å². The molecular weight excluding hydrogens is 324 g/mol. The molecule has 2 aliphatic rings. The number of benzene rings is 1. The zero-order valence-electron chi connectivity index (χ0n) is 12.3. The van der Waals surface area contributed by atoms with E-state index in [-0.39, 0.29) is 16.4 Å². The lowest BCUT2D eigenvalue weighted by molar-refractivity contribution is 0.0792. The number of nitrogens with zero attached hydrogens (tertiary/aromatic N) is 2. The number of sulfonamides is 1. The van der Waals surface area contributed by atoms with Crippen molar-refractivity contribution in [2.24, 2.45) is 0 Å². The molecule has 2 fully saturated rings. The molecule has 1 aromatic rings. The number of amides is 1. The molecule has 0 radical (unpaired) electrons. The van der Waals surface area contributed by atoms with Gasteiger partial charge in [0.2, 0.25) is 10.0 Å². The van der Waals surface area contributed by atoms with Gasteiger partial charge in [0.1, 0.15) is 0 Å². The molecule has 2 aliphatic heterocycles. The molecule has 0 spiro atoms. The Morgan fingerprint density at radius 2 is 1.59 bits per heavy atom. The molecule has 0 N–H and O–H groups in total. The second-order valence-electron chi connectivity index (χ2n) is 5.75. The van der Waals surface area contributed by atoms with Crippen molar-refractivity contribution in [2.75, 3.05) is 26.2 Å². The quantitative estimate of drug-likeness (QED) is 0.847. The number of carbonyl (C=O) groups is 1. The summed E-state index contributed by atoms with van der Waals surface area (Å²) in [7, 11) is -3.53. The van der Waals surface area contributed by atoms with Crippen molar-refractivity contribution < 1.29 is 13.2 Å². The molecular formula is C15H19ClN2O3S. The van der Waals surface area contributed by atoms with Crippen LogP contribution in [0.25, 0.3) is 0 Å². The summed E-state index contributed by atoms with van der Waals surface area (Å²) < 4.78 is 26.7. The van der Waals surface area contributed by atoms with Crippen LogP contribution in [0.5, 0.6) is 0 Å². The molecule has 0 unspecified atom stereocenters. The first kappa shape index (κ1) is 15.8. The average molecular weight is 343 g/mol. The van der Waals surface area contributed by atoms with Gasteiger partial charge in [-0.1, -0.05) is 11.6 Å². The van der Waals surface area contributed by atoms with Gasteiger partial charge in [0, 0.05) is 26.2 Å². The summed E-state index contributed by atoms with van der Waals surface area (Å²) in [5, 5.41) is 0.303. The summed E-state index contributed by atoms with van der Waals surface area (Å²) in [5.41, 5.74) is 0.281. The third kappa shape index (κ3) is 2.87. The first-order valence-electron chi connectivity index (χ1n) is 7.59. The number of hydrogen-bond donors (Lipinski definition) is 0. The highest BCUT2D eigenvalue weighted by Gasteiger charge is 2.29. The first-order chi connectivity index (χ1) is 10.5. The van der Waals surface area contributed by atoms with Gasteiger partial charge >= 0.3 is 0 Å². The minimum Gasteiger partial charge on any atom is -0.339 e. The van der Waals surface area contributed by atoms with Crippen LogP contribution in [0.2, 0.25) is 5.02 Å². The predicted octanol–water partition coefficient (Wildman–Crippen LogP) is 2.36. The van der Waals surface area contributed by atoms with Crippen LogP contribution in [0.1, 0.15) is 36.0 Å². The molecule has 0 saturated carbocycles. The summed E-state index contributed by atoms with van der Waals surface area (Å²) >= 11 is 6.12. The van der Waals surface area contributed by atoms with Crippen molar-refractivity contribution in [3.63, 3.8) is 0 Å². The largest absolute Gasteiger partial charge is 0.339 e. The average Bonchev–Trinajstić information content (AvgIpc) is 3.20. The molecule has 1 aromatic carbocycles. The standard InChI is InChI=1S/C15H19ClN2O3S/c16-14-6-5-12(22(20,21)18-9-3-4-10-18)11-13(14)15(19)17-7-1-2-8-17/h5-6,11H,1-4,7-10H2.